The molecule has 21 heavy (non-hydrogen) atoms. The van der Waals surface area contributed by atoms with Gasteiger partial charge in [-0.1, -0.05) is 29.8 Å². The molecule has 3 rings (SSSR count). The Balaban J connectivity index is 1.98. The summed E-state index contributed by atoms with van der Waals surface area (Å²) in [6.45, 7) is 0.354. The summed E-state index contributed by atoms with van der Waals surface area (Å²) in [6, 6.07) is 12.8. The van der Waals surface area contributed by atoms with Crippen LogP contribution in [0.2, 0.25) is 5.02 Å². The van der Waals surface area contributed by atoms with Gasteiger partial charge < -0.3 is 4.57 Å². The van der Waals surface area contributed by atoms with Crippen molar-refractivity contribution < 1.29 is 4.39 Å². The highest BCUT2D eigenvalue weighted by molar-refractivity contribution is 14.1. The second-order valence-corrected chi connectivity index (χ2v) is 6.24. The molecule has 0 aliphatic heterocycles. The lowest BCUT2D eigenvalue weighted by molar-refractivity contribution is 0.600. The highest BCUT2D eigenvalue weighted by Crippen LogP contribution is 2.24. The van der Waals surface area contributed by atoms with Crippen LogP contribution in [0.25, 0.3) is 11.4 Å². The van der Waals surface area contributed by atoms with Crippen molar-refractivity contribution in [3.63, 3.8) is 0 Å². The molecule has 0 amide bonds. The Bertz CT molecular complexity index is 748. The number of aromatic nitrogens is 2. The topological polar surface area (TPSA) is 17.8 Å². The molecule has 2 aromatic carbocycles. The lowest BCUT2D eigenvalue weighted by Crippen LogP contribution is -2.04. The van der Waals surface area contributed by atoms with E-state index in [1.54, 1.807) is 18.3 Å². The van der Waals surface area contributed by atoms with E-state index in [0.29, 0.717) is 17.1 Å². The van der Waals surface area contributed by atoms with Crippen LogP contribution >= 0.6 is 34.2 Å². The maximum atomic E-state index is 13.9. The normalized spacial score (nSPS) is 10.8. The van der Waals surface area contributed by atoms with Crippen LogP contribution in [-0.4, -0.2) is 9.55 Å². The number of halogens is 3. The molecule has 1 heterocycles. The molecule has 0 unspecified atom stereocenters. The second kappa shape index (κ2) is 6.15. The van der Waals surface area contributed by atoms with E-state index in [-0.39, 0.29) is 5.82 Å². The van der Waals surface area contributed by atoms with Crippen molar-refractivity contribution in [3.8, 4) is 11.4 Å². The molecule has 1 aromatic heterocycles. The standard InChI is InChI=1S/C16H11ClFIN2/c17-14-2-1-3-15(18)13(14)10-21-9-8-20-16(21)11-4-6-12(19)7-5-11/h1-9H,10H2. The third-order valence-corrected chi connectivity index (χ3v) is 4.28. The van der Waals surface area contributed by atoms with Gasteiger partial charge >= 0.3 is 0 Å². The van der Waals surface area contributed by atoms with Crippen LogP contribution in [0, 0.1) is 9.39 Å². The molecule has 0 saturated carbocycles. The van der Waals surface area contributed by atoms with E-state index in [9.17, 15) is 4.39 Å². The Hall–Kier alpha value is -1.40. The van der Waals surface area contributed by atoms with Crippen molar-refractivity contribution in [1.82, 2.24) is 9.55 Å². The first-order chi connectivity index (χ1) is 10.1. The van der Waals surface area contributed by atoms with Crippen molar-refractivity contribution in [1.29, 1.82) is 0 Å². The highest BCUT2D eigenvalue weighted by Gasteiger charge is 2.11. The Morgan fingerprint density at radius 3 is 2.62 bits per heavy atom. The molecule has 0 radical (unpaired) electrons. The van der Waals surface area contributed by atoms with Crippen molar-refractivity contribution in [2.45, 2.75) is 6.54 Å². The lowest BCUT2D eigenvalue weighted by Gasteiger charge is -2.10. The predicted molar refractivity (Wildman–Crippen MR) is 90.9 cm³/mol. The summed E-state index contributed by atoms with van der Waals surface area (Å²) >= 11 is 8.35. The fourth-order valence-electron chi connectivity index (χ4n) is 2.15. The maximum Gasteiger partial charge on any atom is 0.140 e. The molecule has 2 nitrogen and oxygen atoms in total. The summed E-state index contributed by atoms with van der Waals surface area (Å²) in [5, 5.41) is 0.428. The summed E-state index contributed by atoms with van der Waals surface area (Å²) in [7, 11) is 0. The van der Waals surface area contributed by atoms with Crippen LogP contribution in [0.5, 0.6) is 0 Å². The van der Waals surface area contributed by atoms with Crippen LogP contribution in [-0.2, 0) is 6.54 Å². The summed E-state index contributed by atoms with van der Waals surface area (Å²) < 4.78 is 17.0. The van der Waals surface area contributed by atoms with Crippen LogP contribution < -0.4 is 0 Å². The van der Waals surface area contributed by atoms with E-state index in [4.69, 9.17) is 11.6 Å². The minimum atomic E-state index is -0.301. The van der Waals surface area contributed by atoms with E-state index in [2.05, 4.69) is 27.6 Å². The number of rotatable bonds is 3. The monoisotopic (exact) mass is 412 g/mol. The van der Waals surface area contributed by atoms with Gasteiger partial charge in [-0.3, -0.25) is 0 Å². The first-order valence-electron chi connectivity index (χ1n) is 6.35. The zero-order valence-electron chi connectivity index (χ0n) is 10.9. The highest BCUT2D eigenvalue weighted by atomic mass is 127. The van der Waals surface area contributed by atoms with Crippen molar-refractivity contribution >= 4 is 34.2 Å². The van der Waals surface area contributed by atoms with E-state index in [0.717, 1.165) is 15.0 Å². The molecule has 0 atom stereocenters. The molecule has 0 fully saturated rings. The van der Waals surface area contributed by atoms with Crippen LogP contribution in [0.15, 0.2) is 54.9 Å². The van der Waals surface area contributed by atoms with Gasteiger partial charge in [0.05, 0.1) is 6.54 Å². The fourth-order valence-corrected chi connectivity index (χ4v) is 2.73. The Labute approximate surface area is 140 Å². The zero-order valence-corrected chi connectivity index (χ0v) is 13.8. The molecule has 0 aliphatic rings. The van der Waals surface area contributed by atoms with Gasteiger partial charge in [-0.15, -0.1) is 0 Å². The SMILES string of the molecule is Fc1cccc(Cl)c1Cn1ccnc1-c1ccc(I)cc1. The second-order valence-electron chi connectivity index (χ2n) is 4.59. The molecule has 3 aromatic rings. The molecule has 0 bridgehead atoms. The van der Waals surface area contributed by atoms with E-state index in [1.807, 2.05) is 35.0 Å². The number of hydrogen-bond donors (Lipinski definition) is 0. The average Bonchev–Trinajstić information content (AvgIpc) is 2.92. The summed E-state index contributed by atoms with van der Waals surface area (Å²) in [6.07, 6.45) is 3.54. The molecule has 0 saturated heterocycles. The van der Waals surface area contributed by atoms with Gasteiger partial charge in [0.1, 0.15) is 11.6 Å². The molecular weight excluding hydrogens is 402 g/mol. The van der Waals surface area contributed by atoms with Crippen molar-refractivity contribution in [2.75, 3.05) is 0 Å². The van der Waals surface area contributed by atoms with Crippen molar-refractivity contribution in [2.24, 2.45) is 0 Å². The van der Waals surface area contributed by atoms with Crippen molar-refractivity contribution in [3.05, 3.63) is 74.8 Å². The predicted octanol–water partition coefficient (Wildman–Crippen LogP) is 5.00. The largest absolute Gasteiger partial charge is 0.326 e. The minimum Gasteiger partial charge on any atom is -0.326 e. The van der Waals surface area contributed by atoms with E-state index in [1.165, 1.54) is 6.07 Å². The molecule has 0 N–H and O–H groups in total. The van der Waals surface area contributed by atoms with Gasteiger partial charge in [0.2, 0.25) is 0 Å². The third kappa shape index (κ3) is 3.11. The smallest absolute Gasteiger partial charge is 0.140 e. The van der Waals surface area contributed by atoms with Gasteiger partial charge in [-0.25, -0.2) is 9.37 Å². The van der Waals surface area contributed by atoms with E-state index < -0.39 is 0 Å². The number of hydrogen-bond acceptors (Lipinski definition) is 1. The Morgan fingerprint density at radius 2 is 1.90 bits per heavy atom. The van der Waals surface area contributed by atoms with Crippen LogP contribution in [0.3, 0.4) is 0 Å². The van der Waals surface area contributed by atoms with Gasteiger partial charge in [0.15, 0.2) is 0 Å². The molecule has 106 valence electrons. The van der Waals surface area contributed by atoms with Gasteiger partial charge in [-0.05, 0) is 46.9 Å². The summed E-state index contributed by atoms with van der Waals surface area (Å²) in [5.74, 6) is 0.496. The Kier molecular flexibility index (Phi) is 4.26. The summed E-state index contributed by atoms with van der Waals surface area (Å²) in [4.78, 5) is 4.37. The molecular formula is C16H11ClFIN2. The maximum absolute atomic E-state index is 13.9. The van der Waals surface area contributed by atoms with Gasteiger partial charge in [0.25, 0.3) is 0 Å². The van der Waals surface area contributed by atoms with Gasteiger partial charge in [-0.2, -0.15) is 0 Å². The Morgan fingerprint density at radius 1 is 1.14 bits per heavy atom. The third-order valence-electron chi connectivity index (χ3n) is 3.21. The van der Waals surface area contributed by atoms with Crippen LogP contribution in [0.1, 0.15) is 5.56 Å². The quantitative estimate of drug-likeness (QED) is 0.554. The first kappa shape index (κ1) is 14.5. The fraction of sp³-hybridized carbons (Fsp3) is 0.0625. The summed E-state index contributed by atoms with van der Waals surface area (Å²) in [5.41, 5.74) is 1.47. The number of benzene rings is 2. The van der Waals surface area contributed by atoms with Crippen LogP contribution in [0.4, 0.5) is 4.39 Å². The number of nitrogens with zero attached hydrogens (tertiary/aromatic N) is 2. The first-order valence-corrected chi connectivity index (χ1v) is 7.81. The molecule has 0 spiro atoms. The minimum absolute atomic E-state index is 0.301. The molecule has 5 heteroatoms. The van der Waals surface area contributed by atoms with Gasteiger partial charge in [0, 0.05) is 32.1 Å². The van der Waals surface area contributed by atoms with E-state index >= 15 is 0 Å². The lowest BCUT2D eigenvalue weighted by atomic mass is 10.2. The number of imidazole rings is 1. The zero-order chi connectivity index (χ0) is 14.8. The molecule has 0 aliphatic carbocycles. The average molecular weight is 413 g/mol.